The van der Waals surface area contributed by atoms with E-state index >= 15 is 8.78 Å². The van der Waals surface area contributed by atoms with E-state index in [2.05, 4.69) is 26.2 Å². The highest BCUT2D eigenvalue weighted by Gasteiger charge is 2.72. The summed E-state index contributed by atoms with van der Waals surface area (Å²) in [4.78, 5) is 68.7. The number of aryl methyl sites for hydroxylation is 2. The van der Waals surface area contributed by atoms with Gasteiger partial charge in [0.1, 0.15) is 23.1 Å². The van der Waals surface area contributed by atoms with Crippen molar-refractivity contribution in [3.63, 3.8) is 0 Å². The number of nitrogens with one attached hydrogen (secondary N) is 4. The van der Waals surface area contributed by atoms with E-state index < -0.39 is 52.4 Å². The molecule has 0 radical (unpaired) electrons. The monoisotopic (exact) mass is 925 g/mol. The lowest BCUT2D eigenvalue weighted by molar-refractivity contribution is -0.135. The quantitative estimate of drug-likeness (QED) is 0.0733. The van der Waals surface area contributed by atoms with Crippen LogP contribution < -0.4 is 27.0 Å². The first-order chi connectivity index (χ1) is 31.2. The largest absolute Gasteiger partial charge is 0.329 e. The van der Waals surface area contributed by atoms with E-state index in [1.54, 1.807) is 48.0 Å². The van der Waals surface area contributed by atoms with Gasteiger partial charge in [0.05, 0.1) is 27.8 Å². The Morgan fingerprint density at radius 3 is 2.45 bits per heavy atom. The van der Waals surface area contributed by atoms with Crippen molar-refractivity contribution in [1.82, 2.24) is 24.7 Å². The summed E-state index contributed by atoms with van der Waals surface area (Å²) in [7, 11) is 3.66. The number of imide groups is 1. The number of rotatable bonds is 12. The molecule has 3 fully saturated rings. The molecule has 1 aliphatic carbocycles. The van der Waals surface area contributed by atoms with Gasteiger partial charge in [0.15, 0.2) is 0 Å². The smallest absolute Gasteiger partial charge is 0.325 e. The lowest BCUT2D eigenvalue weighted by Gasteiger charge is -2.47. The predicted octanol–water partition coefficient (Wildman–Crippen LogP) is 8.03. The van der Waals surface area contributed by atoms with Crippen molar-refractivity contribution >= 4 is 69.2 Å². The van der Waals surface area contributed by atoms with Crippen molar-refractivity contribution in [3.8, 4) is 0 Å². The van der Waals surface area contributed by atoms with Crippen molar-refractivity contribution < 1.29 is 28.0 Å². The topological polar surface area (TPSA) is 147 Å². The predicted molar refractivity (Wildman–Crippen MR) is 246 cm³/mol. The fraction of sp³-hybridized carbons (Fsp3) is 0.408. The highest BCUT2D eigenvalue weighted by atomic mass is 35.5. The number of carbonyl (C=O) groups excluding carboxylic acids is 4. The number of aromatic nitrogens is 2. The lowest BCUT2D eigenvalue weighted by Crippen LogP contribution is -2.60. The van der Waals surface area contributed by atoms with E-state index in [0.717, 1.165) is 68.1 Å². The van der Waals surface area contributed by atoms with Gasteiger partial charge >= 0.3 is 5.69 Å². The molecule has 12 nitrogen and oxygen atoms in total. The van der Waals surface area contributed by atoms with Crippen molar-refractivity contribution in [3.05, 3.63) is 127 Å². The zero-order valence-electron chi connectivity index (χ0n) is 36.2. The molecule has 4 N–H and O–H groups in total. The van der Waals surface area contributed by atoms with Crippen LogP contribution >= 0.6 is 23.2 Å². The van der Waals surface area contributed by atoms with Gasteiger partial charge in [-0.25, -0.2) is 13.6 Å². The maximum atomic E-state index is 16.3. The second-order valence-corrected chi connectivity index (χ2v) is 19.0. The first kappa shape index (κ1) is 44.8. The Kier molecular flexibility index (Phi) is 12.2. The van der Waals surface area contributed by atoms with Crippen molar-refractivity contribution in [1.29, 1.82) is 0 Å². The standard InChI is InChI=1S/C49H51Cl2F2N7O5/c1-58(23-8-3-5-10-28-14-18-37-39(25-28)59(2)47(65)60(37)38-19-20-40(61)56-44(38)62)27-29-13-17-35(34(52)24-29)54-45(63)43-41(31-11-9-12-33(51)42(31)53)49(48(57-43)21-6-4-7-22-48)32-16-15-30(50)26-36(32)55-46(49)64/h9,11-18,24-26,38,41,43,57H,3-8,10,19-23,27H2,1-2H3,(H,54,63)(H,55,64)(H,56,61,62)/t38?,41-,43+,49+/m0/s1. The van der Waals surface area contributed by atoms with Crippen LogP contribution in [0.15, 0.2) is 77.6 Å². The summed E-state index contributed by atoms with van der Waals surface area (Å²) in [6.07, 6.45) is 7.69. The molecule has 9 rings (SSSR count). The Hall–Kier alpha value is -5.41. The van der Waals surface area contributed by atoms with Crippen LogP contribution in [-0.4, -0.2) is 62.8 Å². The molecule has 4 atom stereocenters. The summed E-state index contributed by atoms with van der Waals surface area (Å²) in [6.45, 7) is 1.24. The van der Waals surface area contributed by atoms with E-state index in [-0.39, 0.29) is 46.6 Å². The van der Waals surface area contributed by atoms with Crippen LogP contribution in [0.3, 0.4) is 0 Å². The van der Waals surface area contributed by atoms with Crippen LogP contribution in [0.1, 0.15) is 98.4 Å². The van der Waals surface area contributed by atoms with Gasteiger partial charge in [-0.15, -0.1) is 0 Å². The second kappa shape index (κ2) is 17.8. The number of unbranched alkanes of at least 4 members (excludes halogenated alkanes) is 2. The van der Waals surface area contributed by atoms with Gasteiger partial charge in [0, 0.05) is 42.2 Å². The zero-order chi connectivity index (χ0) is 45.8. The van der Waals surface area contributed by atoms with Crippen LogP contribution in [0.5, 0.6) is 0 Å². The number of amides is 4. The molecule has 2 saturated heterocycles. The minimum Gasteiger partial charge on any atom is -0.325 e. The molecule has 1 saturated carbocycles. The van der Waals surface area contributed by atoms with Gasteiger partial charge in [0.25, 0.3) is 0 Å². The normalized spacial score (nSPS) is 22.5. The van der Waals surface area contributed by atoms with Crippen molar-refractivity contribution in [2.24, 2.45) is 7.05 Å². The molecule has 65 heavy (non-hydrogen) atoms. The van der Waals surface area contributed by atoms with Crippen molar-refractivity contribution in [2.45, 2.75) is 106 Å². The Bertz CT molecular complexity index is 2800. The Balaban J connectivity index is 0.852. The molecule has 16 heteroatoms. The summed E-state index contributed by atoms with van der Waals surface area (Å²) in [5.74, 6) is -4.11. The summed E-state index contributed by atoms with van der Waals surface area (Å²) in [5, 5.41) is 12.0. The third kappa shape index (κ3) is 7.85. The highest BCUT2D eigenvalue weighted by Crippen LogP contribution is 2.63. The number of carbonyl (C=O) groups is 4. The number of hydrogen-bond donors (Lipinski definition) is 4. The first-order valence-electron chi connectivity index (χ1n) is 22.4. The van der Waals surface area contributed by atoms with Crippen LogP contribution in [0.4, 0.5) is 20.2 Å². The third-order valence-electron chi connectivity index (χ3n) is 14.2. The molecule has 5 aromatic rings. The van der Waals surface area contributed by atoms with E-state index in [0.29, 0.717) is 41.2 Å². The number of nitrogens with zero attached hydrogens (tertiary/aromatic N) is 3. The number of piperidine rings is 1. The molecule has 2 spiro atoms. The van der Waals surface area contributed by atoms with E-state index in [1.807, 2.05) is 25.2 Å². The molecule has 4 heterocycles. The van der Waals surface area contributed by atoms with Gasteiger partial charge in [-0.3, -0.25) is 38.9 Å². The van der Waals surface area contributed by atoms with Gasteiger partial charge in [-0.2, -0.15) is 0 Å². The number of hydrogen-bond acceptors (Lipinski definition) is 7. The molecule has 3 aliphatic heterocycles. The molecule has 340 valence electrons. The maximum absolute atomic E-state index is 16.3. The molecule has 4 aromatic carbocycles. The zero-order valence-corrected chi connectivity index (χ0v) is 37.8. The number of imidazole rings is 1. The van der Waals surface area contributed by atoms with Crippen LogP contribution in [0.25, 0.3) is 11.0 Å². The van der Waals surface area contributed by atoms with Gasteiger partial charge in [0.2, 0.25) is 23.6 Å². The molecule has 4 amide bonds. The Labute approximate surface area is 385 Å². The molecular weight excluding hydrogens is 875 g/mol. The van der Waals surface area contributed by atoms with Crippen molar-refractivity contribution in [2.75, 3.05) is 24.2 Å². The van der Waals surface area contributed by atoms with Gasteiger partial charge in [-0.05, 0) is 117 Å². The Morgan fingerprint density at radius 2 is 1.68 bits per heavy atom. The van der Waals surface area contributed by atoms with E-state index in [4.69, 9.17) is 23.2 Å². The van der Waals surface area contributed by atoms with E-state index in [9.17, 15) is 24.0 Å². The van der Waals surface area contributed by atoms with Crippen LogP contribution in [0, 0.1) is 11.6 Å². The summed E-state index contributed by atoms with van der Waals surface area (Å²) >= 11 is 12.8. The molecule has 0 bridgehead atoms. The lowest BCUT2D eigenvalue weighted by atomic mass is 9.55. The minimum atomic E-state index is -1.41. The van der Waals surface area contributed by atoms with E-state index in [1.165, 1.54) is 22.8 Å². The number of fused-ring (bicyclic) bond motifs is 4. The highest BCUT2D eigenvalue weighted by molar-refractivity contribution is 6.31. The molecule has 4 aliphatic rings. The van der Waals surface area contributed by atoms with Crippen LogP contribution in [-0.2, 0) is 44.6 Å². The van der Waals surface area contributed by atoms with Gasteiger partial charge < -0.3 is 15.5 Å². The average molecular weight is 927 g/mol. The maximum Gasteiger partial charge on any atom is 0.329 e. The fourth-order valence-corrected chi connectivity index (χ4v) is 11.6. The number of anilines is 2. The second-order valence-electron chi connectivity index (χ2n) is 18.2. The van der Waals surface area contributed by atoms with Crippen LogP contribution in [0.2, 0.25) is 10.0 Å². The first-order valence-corrected chi connectivity index (χ1v) is 23.1. The Morgan fingerprint density at radius 1 is 0.892 bits per heavy atom. The number of halogens is 4. The SMILES string of the molecule is CN(CCCCCc1ccc2c(c1)n(C)c(=O)n2C1CCC(=O)NC1=O)Cc1ccc(NC(=O)[C@@H]2NC3(CCCCC3)[C@@]3(C(=O)Nc4cc(Cl)ccc43)[C@H]2c2cccc(Cl)c2F)c(F)c1. The minimum absolute atomic E-state index is 0.0268. The average Bonchev–Trinajstić information content (AvgIpc) is 3.83. The summed E-state index contributed by atoms with van der Waals surface area (Å²) in [6, 6.07) is 18.5. The van der Waals surface area contributed by atoms with Gasteiger partial charge in [-0.1, -0.05) is 79.2 Å². The fourth-order valence-electron chi connectivity index (χ4n) is 11.3. The summed E-state index contributed by atoms with van der Waals surface area (Å²) < 4.78 is 35.3. The molecule has 1 unspecified atom stereocenters. The summed E-state index contributed by atoms with van der Waals surface area (Å²) in [5.41, 5.74) is 1.81. The molecule has 1 aromatic heterocycles. The molecular formula is C49H51Cl2F2N7O5. The number of benzene rings is 4. The third-order valence-corrected chi connectivity index (χ3v) is 14.8.